The Labute approximate surface area is 149 Å². The van der Waals surface area contributed by atoms with Crippen LogP contribution in [0.2, 0.25) is 0 Å². The molecule has 4 heterocycles. The summed E-state index contributed by atoms with van der Waals surface area (Å²) in [5.74, 6) is 2.48. The van der Waals surface area contributed by atoms with Crippen molar-refractivity contribution < 1.29 is 18.6 Å². The zero-order chi connectivity index (χ0) is 17.5. The number of aromatic nitrogens is 4. The maximum absolute atomic E-state index is 6.02. The molecule has 5 rings (SSSR count). The third kappa shape index (κ3) is 2.53. The van der Waals surface area contributed by atoms with Crippen molar-refractivity contribution in [3.05, 3.63) is 42.0 Å². The van der Waals surface area contributed by atoms with Crippen LogP contribution in [0.3, 0.4) is 0 Å². The van der Waals surface area contributed by atoms with E-state index in [1.165, 1.54) is 0 Å². The Kier molecular flexibility index (Phi) is 3.63. The number of fused-ring (bicyclic) bond motifs is 1. The average molecular weight is 354 g/mol. The molecule has 8 nitrogen and oxygen atoms in total. The van der Waals surface area contributed by atoms with E-state index in [0.717, 1.165) is 36.5 Å². The Balaban J connectivity index is 1.46. The lowest BCUT2D eigenvalue weighted by atomic mass is 9.92. The predicted molar refractivity (Wildman–Crippen MR) is 89.7 cm³/mol. The van der Waals surface area contributed by atoms with Gasteiger partial charge in [-0.3, -0.25) is 4.68 Å². The molecule has 0 spiro atoms. The third-order valence-corrected chi connectivity index (χ3v) is 4.85. The van der Waals surface area contributed by atoms with Crippen molar-refractivity contribution in [1.82, 2.24) is 20.0 Å². The second-order valence-corrected chi connectivity index (χ2v) is 6.43. The summed E-state index contributed by atoms with van der Waals surface area (Å²) in [5.41, 5.74) is 1.82. The van der Waals surface area contributed by atoms with Crippen LogP contribution in [0.15, 0.2) is 34.9 Å². The molecule has 2 aliphatic heterocycles. The highest BCUT2D eigenvalue weighted by atomic mass is 16.7. The smallest absolute Gasteiger partial charge is 0.247 e. The zero-order valence-corrected chi connectivity index (χ0v) is 14.3. The third-order valence-electron chi connectivity index (χ3n) is 4.85. The highest BCUT2D eigenvalue weighted by molar-refractivity contribution is 5.60. The fraction of sp³-hybridized carbons (Fsp3) is 0.389. The Bertz CT molecular complexity index is 935. The second-order valence-electron chi connectivity index (χ2n) is 6.43. The van der Waals surface area contributed by atoms with Crippen molar-refractivity contribution in [1.29, 1.82) is 0 Å². The normalized spacial score (nSPS) is 21.9. The molecule has 0 bridgehead atoms. The van der Waals surface area contributed by atoms with E-state index in [2.05, 4.69) is 15.3 Å². The summed E-state index contributed by atoms with van der Waals surface area (Å²) in [6.07, 6.45) is 3.52. The molecule has 0 unspecified atom stereocenters. The molecule has 2 atom stereocenters. The molecule has 0 amide bonds. The average Bonchev–Trinajstić information content (AvgIpc) is 3.41. The summed E-state index contributed by atoms with van der Waals surface area (Å²) >= 11 is 0. The number of aryl methyl sites for hydroxylation is 1. The van der Waals surface area contributed by atoms with E-state index in [0.29, 0.717) is 17.5 Å². The molecule has 3 aromatic rings. The van der Waals surface area contributed by atoms with Gasteiger partial charge in [-0.25, -0.2) is 0 Å². The Morgan fingerprint density at radius 3 is 2.92 bits per heavy atom. The van der Waals surface area contributed by atoms with E-state index in [1.54, 1.807) is 6.20 Å². The molecule has 0 aliphatic carbocycles. The first kappa shape index (κ1) is 15.4. The van der Waals surface area contributed by atoms with Crippen LogP contribution in [0.4, 0.5) is 0 Å². The largest absolute Gasteiger partial charge is 0.454 e. The van der Waals surface area contributed by atoms with Crippen LogP contribution >= 0.6 is 0 Å². The molecule has 1 aromatic carbocycles. The van der Waals surface area contributed by atoms with Gasteiger partial charge in [0.1, 0.15) is 6.10 Å². The molecule has 2 aliphatic rings. The highest BCUT2D eigenvalue weighted by Gasteiger charge is 2.34. The van der Waals surface area contributed by atoms with Gasteiger partial charge in [-0.2, -0.15) is 5.10 Å². The molecule has 0 saturated carbocycles. The predicted octanol–water partition coefficient (Wildman–Crippen LogP) is 2.83. The SMILES string of the molecule is Cn1nccc1[C@@H]1OCCC[C@H]1c1nnc(-c2ccc3c(c2)OCO3)o1. The number of ether oxygens (including phenoxy) is 3. The standard InChI is InChI=1S/C18H18N4O4/c1-22-13(6-7-19-22)16-12(3-2-8-23-16)18-21-20-17(26-18)11-4-5-14-15(9-11)25-10-24-14/h4-7,9,12,16H,2-3,8,10H2,1H3/t12-,16-/m1/s1. The lowest BCUT2D eigenvalue weighted by Gasteiger charge is -2.29. The summed E-state index contributed by atoms with van der Waals surface area (Å²) in [7, 11) is 1.91. The fourth-order valence-corrected chi connectivity index (χ4v) is 3.52. The first-order chi connectivity index (χ1) is 12.8. The van der Waals surface area contributed by atoms with Crippen molar-refractivity contribution in [3.63, 3.8) is 0 Å². The van der Waals surface area contributed by atoms with Crippen molar-refractivity contribution in [2.75, 3.05) is 13.4 Å². The number of hydrogen-bond donors (Lipinski definition) is 0. The van der Waals surface area contributed by atoms with Gasteiger partial charge < -0.3 is 18.6 Å². The minimum Gasteiger partial charge on any atom is -0.454 e. The van der Waals surface area contributed by atoms with Crippen LogP contribution in [0, 0.1) is 0 Å². The van der Waals surface area contributed by atoms with Gasteiger partial charge in [-0.15, -0.1) is 10.2 Å². The van der Waals surface area contributed by atoms with E-state index in [4.69, 9.17) is 18.6 Å². The minimum absolute atomic E-state index is 0.00871. The van der Waals surface area contributed by atoms with Gasteiger partial charge in [-0.05, 0) is 37.1 Å². The fourth-order valence-electron chi connectivity index (χ4n) is 3.52. The second kappa shape index (κ2) is 6.14. The molecule has 134 valence electrons. The molecular weight excluding hydrogens is 336 g/mol. The quantitative estimate of drug-likeness (QED) is 0.715. The summed E-state index contributed by atoms with van der Waals surface area (Å²) in [6.45, 7) is 0.954. The van der Waals surface area contributed by atoms with Gasteiger partial charge in [0.2, 0.25) is 18.6 Å². The van der Waals surface area contributed by atoms with Crippen molar-refractivity contribution in [3.8, 4) is 23.0 Å². The molecule has 8 heteroatoms. The van der Waals surface area contributed by atoms with E-state index >= 15 is 0 Å². The van der Waals surface area contributed by atoms with Gasteiger partial charge in [0.15, 0.2) is 11.5 Å². The monoisotopic (exact) mass is 354 g/mol. The van der Waals surface area contributed by atoms with Gasteiger partial charge in [0.25, 0.3) is 0 Å². The van der Waals surface area contributed by atoms with Crippen molar-refractivity contribution in [2.24, 2.45) is 7.05 Å². The van der Waals surface area contributed by atoms with Crippen LogP contribution in [0.25, 0.3) is 11.5 Å². The van der Waals surface area contributed by atoms with Gasteiger partial charge >= 0.3 is 0 Å². The number of benzene rings is 1. The van der Waals surface area contributed by atoms with E-state index in [1.807, 2.05) is 36.0 Å². The van der Waals surface area contributed by atoms with Crippen LogP contribution in [-0.2, 0) is 11.8 Å². The van der Waals surface area contributed by atoms with E-state index in [-0.39, 0.29) is 18.8 Å². The lowest BCUT2D eigenvalue weighted by molar-refractivity contribution is -0.0135. The molecule has 1 saturated heterocycles. The van der Waals surface area contributed by atoms with Gasteiger partial charge in [0, 0.05) is 25.4 Å². The van der Waals surface area contributed by atoms with Crippen LogP contribution < -0.4 is 9.47 Å². The molecule has 2 aromatic heterocycles. The van der Waals surface area contributed by atoms with E-state index in [9.17, 15) is 0 Å². The lowest BCUT2D eigenvalue weighted by Crippen LogP contribution is -2.23. The first-order valence-electron chi connectivity index (χ1n) is 8.62. The van der Waals surface area contributed by atoms with Crippen molar-refractivity contribution in [2.45, 2.75) is 24.9 Å². The molecular formula is C18H18N4O4. The first-order valence-corrected chi connectivity index (χ1v) is 8.62. The van der Waals surface area contributed by atoms with Crippen molar-refractivity contribution >= 4 is 0 Å². The maximum Gasteiger partial charge on any atom is 0.247 e. The van der Waals surface area contributed by atoms with Gasteiger partial charge in [0.05, 0.1) is 11.6 Å². The number of rotatable bonds is 3. The van der Waals surface area contributed by atoms with Gasteiger partial charge in [-0.1, -0.05) is 0 Å². The van der Waals surface area contributed by atoms with E-state index < -0.39 is 0 Å². The van der Waals surface area contributed by atoms with Crippen LogP contribution in [0.1, 0.15) is 36.4 Å². The topological polar surface area (TPSA) is 84.4 Å². The zero-order valence-electron chi connectivity index (χ0n) is 14.3. The summed E-state index contributed by atoms with van der Waals surface area (Å²) in [6, 6.07) is 7.57. The summed E-state index contributed by atoms with van der Waals surface area (Å²) in [4.78, 5) is 0. The summed E-state index contributed by atoms with van der Waals surface area (Å²) < 4.78 is 24.6. The Morgan fingerprint density at radius 2 is 2.04 bits per heavy atom. The highest BCUT2D eigenvalue weighted by Crippen LogP contribution is 2.41. The number of hydrogen-bond acceptors (Lipinski definition) is 7. The minimum atomic E-state index is -0.138. The van der Waals surface area contributed by atoms with Crippen LogP contribution in [0.5, 0.6) is 11.5 Å². The number of nitrogens with zero attached hydrogens (tertiary/aromatic N) is 4. The Hall–Kier alpha value is -2.87. The van der Waals surface area contributed by atoms with Crippen LogP contribution in [-0.4, -0.2) is 33.4 Å². The molecule has 1 fully saturated rings. The molecule has 0 N–H and O–H groups in total. The maximum atomic E-state index is 6.02. The molecule has 26 heavy (non-hydrogen) atoms. The Morgan fingerprint density at radius 1 is 1.12 bits per heavy atom. The molecule has 0 radical (unpaired) electrons. The summed E-state index contributed by atoms with van der Waals surface area (Å²) in [5, 5.41) is 12.8.